The summed E-state index contributed by atoms with van der Waals surface area (Å²) in [7, 11) is -15.0. The fraction of sp³-hybridized carbons (Fsp3) is 0.931. The molecule has 0 aliphatic carbocycles. The van der Waals surface area contributed by atoms with Crippen LogP contribution in [-0.4, -0.2) is 72.2 Å². The molecular formula is C29H72O6Si7. The van der Waals surface area contributed by atoms with Crippen LogP contribution in [0.2, 0.25) is 107 Å². The van der Waals surface area contributed by atoms with Crippen molar-refractivity contribution in [1.82, 2.24) is 0 Å². The molecule has 0 spiro atoms. The van der Waals surface area contributed by atoms with Crippen LogP contribution in [0.1, 0.15) is 54.4 Å². The first kappa shape index (κ1) is 43.0. The van der Waals surface area contributed by atoms with E-state index in [1.54, 1.807) is 0 Å². The van der Waals surface area contributed by atoms with E-state index in [2.05, 4.69) is 133 Å². The molecule has 0 atom stereocenters. The Morgan fingerprint density at radius 2 is 0.786 bits per heavy atom. The van der Waals surface area contributed by atoms with Crippen LogP contribution in [0.25, 0.3) is 0 Å². The van der Waals surface area contributed by atoms with Gasteiger partial charge in [-0.1, -0.05) is 47.2 Å². The molecule has 0 aromatic carbocycles. The molecule has 0 saturated carbocycles. The van der Waals surface area contributed by atoms with Gasteiger partial charge >= 0.3 is 25.7 Å². The Bertz CT molecular complexity index is 784. The van der Waals surface area contributed by atoms with E-state index in [-0.39, 0.29) is 10.1 Å². The second kappa shape index (κ2) is 15.3. The van der Waals surface area contributed by atoms with Gasteiger partial charge in [-0.3, -0.25) is 0 Å². The van der Waals surface area contributed by atoms with E-state index in [1.165, 1.54) is 0 Å². The maximum Gasteiger partial charge on any atom is 0.343 e. The Labute approximate surface area is 270 Å². The van der Waals surface area contributed by atoms with Crippen molar-refractivity contribution < 1.29 is 25.3 Å². The van der Waals surface area contributed by atoms with Gasteiger partial charge in [0.15, 0.2) is 33.3 Å². The standard InChI is InChI=1S/C29H72O6Si7/c1-21-42(20,34-40(16,17)32-36(8,9)26-22-24-30-38(12,13)28(2,3)4)35-41(18,19)33-37(10,11)27-23-25-31-39(14,15)29(5,6)7/h21H,1,22-27H2,2-20H3. The lowest BCUT2D eigenvalue weighted by molar-refractivity contribution is 0.280. The largest absolute Gasteiger partial charge is 0.436 e. The molecule has 0 N–H and O–H groups in total. The Morgan fingerprint density at radius 3 is 1.02 bits per heavy atom. The van der Waals surface area contributed by atoms with Crippen molar-refractivity contribution in [1.29, 1.82) is 0 Å². The molecule has 0 rings (SSSR count). The van der Waals surface area contributed by atoms with Crippen LogP contribution >= 0.6 is 0 Å². The smallest absolute Gasteiger partial charge is 0.343 e. The molecule has 0 aromatic heterocycles. The summed E-state index contributed by atoms with van der Waals surface area (Å²) in [5, 5.41) is 0.465. The van der Waals surface area contributed by atoms with Gasteiger partial charge in [-0.15, -0.1) is 6.58 Å². The molecule has 0 amide bonds. The van der Waals surface area contributed by atoms with Crippen molar-refractivity contribution in [3.05, 3.63) is 12.3 Å². The molecule has 0 saturated heterocycles. The van der Waals surface area contributed by atoms with E-state index in [4.69, 9.17) is 25.3 Å². The topological polar surface area (TPSA) is 55.4 Å². The van der Waals surface area contributed by atoms with Crippen molar-refractivity contribution in [3.8, 4) is 0 Å². The van der Waals surface area contributed by atoms with Crippen LogP contribution < -0.4 is 0 Å². The molecule has 0 heterocycles. The van der Waals surface area contributed by atoms with Gasteiger partial charge in [0.05, 0.1) is 0 Å². The van der Waals surface area contributed by atoms with Crippen LogP contribution in [0.5, 0.6) is 0 Å². The molecule has 0 fully saturated rings. The third-order valence-corrected chi connectivity index (χ3v) is 37.2. The van der Waals surface area contributed by atoms with Crippen LogP contribution in [0.15, 0.2) is 12.3 Å². The summed E-state index contributed by atoms with van der Waals surface area (Å²) in [6.07, 6.45) is 2.05. The molecule has 0 aliphatic heterocycles. The van der Waals surface area contributed by atoms with Gasteiger partial charge in [0.1, 0.15) is 0 Å². The summed E-state index contributed by atoms with van der Waals surface area (Å²) in [4.78, 5) is 0. The van der Waals surface area contributed by atoms with Gasteiger partial charge in [0, 0.05) is 13.2 Å². The Balaban J connectivity index is 5.12. The van der Waals surface area contributed by atoms with Crippen molar-refractivity contribution in [2.75, 3.05) is 13.2 Å². The third-order valence-electron chi connectivity index (χ3n) is 8.70. The molecule has 0 radical (unpaired) electrons. The molecule has 6 nitrogen and oxygen atoms in total. The summed E-state index contributed by atoms with van der Waals surface area (Å²) in [5.74, 6) is 0. The molecule has 252 valence electrons. The summed E-state index contributed by atoms with van der Waals surface area (Å²) in [6.45, 7) is 48.7. The summed E-state index contributed by atoms with van der Waals surface area (Å²) < 4.78 is 40.2. The average Bonchev–Trinajstić information content (AvgIpc) is 2.70. The highest BCUT2D eigenvalue weighted by atomic mass is 28.5. The minimum atomic E-state index is -2.72. The minimum absolute atomic E-state index is 0.233. The van der Waals surface area contributed by atoms with Crippen molar-refractivity contribution >= 4 is 59.0 Å². The highest BCUT2D eigenvalue weighted by Crippen LogP contribution is 2.38. The quantitative estimate of drug-likeness (QED) is 0.0982. The van der Waals surface area contributed by atoms with Crippen LogP contribution in [0, 0.1) is 0 Å². The van der Waals surface area contributed by atoms with Crippen molar-refractivity contribution in [2.24, 2.45) is 0 Å². The highest BCUT2D eigenvalue weighted by Gasteiger charge is 2.47. The fourth-order valence-electron chi connectivity index (χ4n) is 4.64. The molecule has 0 aromatic rings. The van der Waals surface area contributed by atoms with Crippen LogP contribution in [0.3, 0.4) is 0 Å². The summed E-state index contributed by atoms with van der Waals surface area (Å²) in [5.41, 5.74) is 1.91. The van der Waals surface area contributed by atoms with Gasteiger partial charge < -0.3 is 25.3 Å². The monoisotopic (exact) mass is 712 g/mol. The van der Waals surface area contributed by atoms with E-state index < -0.39 is 59.0 Å². The normalized spacial score (nSPS) is 15.3. The Kier molecular flexibility index (Phi) is 15.7. The zero-order valence-corrected chi connectivity index (χ0v) is 38.5. The first-order valence-electron chi connectivity index (χ1n) is 16.0. The van der Waals surface area contributed by atoms with Crippen LogP contribution in [-0.2, 0) is 25.3 Å². The second-order valence-corrected chi connectivity index (χ2v) is 46.3. The maximum atomic E-state index is 6.85. The SMILES string of the molecule is C=C[Si](C)(O[Si](C)(C)O[Si](C)(C)CCCO[Si](C)(C)C(C)(C)C)O[Si](C)(C)O[Si](C)(C)CCCO[Si](C)(C)C(C)(C)C. The lowest BCUT2D eigenvalue weighted by Crippen LogP contribution is -2.59. The van der Waals surface area contributed by atoms with Crippen molar-refractivity contribution in [2.45, 2.75) is 162 Å². The van der Waals surface area contributed by atoms with E-state index in [1.807, 2.05) is 5.70 Å². The van der Waals surface area contributed by atoms with Gasteiger partial charge in [-0.25, -0.2) is 0 Å². The van der Waals surface area contributed by atoms with E-state index >= 15 is 0 Å². The lowest BCUT2D eigenvalue weighted by Gasteiger charge is -2.42. The van der Waals surface area contributed by atoms with E-state index in [9.17, 15) is 0 Å². The summed E-state index contributed by atoms with van der Waals surface area (Å²) >= 11 is 0. The van der Waals surface area contributed by atoms with Crippen molar-refractivity contribution in [3.63, 3.8) is 0 Å². The minimum Gasteiger partial charge on any atom is -0.436 e. The lowest BCUT2D eigenvalue weighted by atomic mass is 10.2. The predicted octanol–water partition coefficient (Wildman–Crippen LogP) is 10.5. The van der Waals surface area contributed by atoms with Gasteiger partial charge in [0.2, 0.25) is 0 Å². The highest BCUT2D eigenvalue weighted by molar-refractivity contribution is 6.92. The van der Waals surface area contributed by atoms with Gasteiger partial charge in [-0.05, 0) is 120 Å². The molecule has 0 bridgehead atoms. The predicted molar refractivity (Wildman–Crippen MR) is 201 cm³/mol. The van der Waals surface area contributed by atoms with E-state index in [0.717, 1.165) is 38.1 Å². The maximum absolute atomic E-state index is 6.85. The molecule has 0 aliphatic rings. The fourth-order valence-corrected chi connectivity index (χ4v) is 30.4. The van der Waals surface area contributed by atoms with E-state index in [0.29, 0.717) is 0 Å². The van der Waals surface area contributed by atoms with Gasteiger partial charge in [-0.2, -0.15) is 0 Å². The van der Waals surface area contributed by atoms with Gasteiger partial charge in [0.25, 0.3) is 0 Å². The molecule has 13 heteroatoms. The molecule has 42 heavy (non-hydrogen) atoms. The second-order valence-electron chi connectivity index (χ2n) is 17.4. The number of hydrogen-bond donors (Lipinski definition) is 0. The average molecular weight is 713 g/mol. The summed E-state index contributed by atoms with van der Waals surface area (Å²) in [6, 6.07) is 2.10. The molecule has 0 unspecified atom stereocenters. The zero-order chi connectivity index (χ0) is 33.7. The first-order chi connectivity index (χ1) is 18.3. The number of rotatable bonds is 19. The Morgan fingerprint density at radius 1 is 0.500 bits per heavy atom. The number of hydrogen-bond acceptors (Lipinski definition) is 6. The van der Waals surface area contributed by atoms with Crippen LogP contribution in [0.4, 0.5) is 0 Å². The first-order valence-corrected chi connectivity index (χ1v) is 36.1. The Hall–Kier alpha value is 1.02. The zero-order valence-electron chi connectivity index (χ0n) is 31.5. The molecular weight excluding hydrogens is 641 g/mol. The third kappa shape index (κ3) is 16.0.